The molecule has 2 saturated heterocycles. The van der Waals surface area contributed by atoms with Crippen LogP contribution in [0.5, 0.6) is 0 Å². The van der Waals surface area contributed by atoms with E-state index in [1.54, 1.807) is 0 Å². The largest absolute Gasteiger partial charge is 0.394 e. The van der Waals surface area contributed by atoms with Gasteiger partial charge in [0.1, 0.15) is 30.5 Å². The van der Waals surface area contributed by atoms with Crippen molar-refractivity contribution in [3.63, 3.8) is 0 Å². The smallest absolute Gasteiger partial charge is 0.113 e. The maximum Gasteiger partial charge on any atom is 0.113 e. The maximum absolute atomic E-state index is 10.7. The van der Waals surface area contributed by atoms with E-state index in [0.717, 1.165) is 42.6 Å². The van der Waals surface area contributed by atoms with Gasteiger partial charge in [-0.25, -0.2) is 0 Å². The number of aryl methyl sites for hydroxylation is 1. The zero-order valence-electron chi connectivity index (χ0n) is 18.8. The van der Waals surface area contributed by atoms with Crippen molar-refractivity contribution >= 4 is 0 Å². The van der Waals surface area contributed by atoms with Crippen LogP contribution in [0.25, 0.3) is 0 Å². The van der Waals surface area contributed by atoms with E-state index in [9.17, 15) is 20.4 Å². The van der Waals surface area contributed by atoms with E-state index in [2.05, 4.69) is 38.1 Å². The van der Waals surface area contributed by atoms with Gasteiger partial charge in [-0.05, 0) is 59.6 Å². The highest BCUT2D eigenvalue weighted by atomic mass is 16.5. The lowest BCUT2D eigenvalue weighted by atomic mass is 9.84. The van der Waals surface area contributed by atoms with E-state index in [1.807, 2.05) is 12.1 Å². The van der Waals surface area contributed by atoms with Gasteiger partial charge in [-0.15, -0.1) is 0 Å². The minimum atomic E-state index is -1.39. The molecule has 174 valence electrons. The Bertz CT molecular complexity index is 903. The van der Waals surface area contributed by atoms with Gasteiger partial charge >= 0.3 is 0 Å². The van der Waals surface area contributed by atoms with Crippen LogP contribution < -0.4 is 0 Å². The van der Waals surface area contributed by atoms with E-state index in [4.69, 9.17) is 9.47 Å². The second-order valence-electron chi connectivity index (χ2n) is 9.05. The first-order valence-electron chi connectivity index (χ1n) is 11.5. The molecule has 6 nitrogen and oxygen atoms in total. The minimum absolute atomic E-state index is 0.265. The molecule has 4 rings (SSSR count). The van der Waals surface area contributed by atoms with Gasteiger partial charge in [0.25, 0.3) is 0 Å². The Balaban J connectivity index is 1.72. The van der Waals surface area contributed by atoms with Crippen LogP contribution >= 0.6 is 0 Å². The third-order valence-corrected chi connectivity index (χ3v) is 6.99. The summed E-state index contributed by atoms with van der Waals surface area (Å²) in [5.41, 5.74) is 6.74. The van der Waals surface area contributed by atoms with Crippen molar-refractivity contribution in [3.8, 4) is 0 Å². The molecule has 2 fully saturated rings. The molecule has 2 aromatic rings. The molecule has 2 aliphatic rings. The Kier molecular flexibility index (Phi) is 7.30. The number of benzene rings is 2. The fourth-order valence-electron chi connectivity index (χ4n) is 4.87. The van der Waals surface area contributed by atoms with Gasteiger partial charge in [0.2, 0.25) is 0 Å². The highest BCUT2D eigenvalue weighted by Crippen LogP contribution is 2.37. The highest BCUT2D eigenvalue weighted by molar-refractivity contribution is 5.44. The first-order chi connectivity index (χ1) is 15.4. The normalized spacial score (nSPS) is 30.6. The Morgan fingerprint density at radius 3 is 2.31 bits per heavy atom. The van der Waals surface area contributed by atoms with Gasteiger partial charge in [0, 0.05) is 12.5 Å². The third-order valence-electron chi connectivity index (χ3n) is 6.99. The molecule has 0 aliphatic carbocycles. The van der Waals surface area contributed by atoms with E-state index >= 15 is 0 Å². The summed E-state index contributed by atoms with van der Waals surface area (Å²) in [7, 11) is 0. The topological polar surface area (TPSA) is 99.4 Å². The van der Waals surface area contributed by atoms with Crippen molar-refractivity contribution in [2.45, 2.75) is 69.5 Å². The zero-order valence-corrected chi connectivity index (χ0v) is 18.8. The second kappa shape index (κ2) is 10.00. The van der Waals surface area contributed by atoms with Gasteiger partial charge in [0.15, 0.2) is 0 Å². The molecule has 2 heterocycles. The molecule has 0 spiro atoms. The first-order valence-corrected chi connectivity index (χ1v) is 11.5. The lowest BCUT2D eigenvalue weighted by molar-refractivity contribution is -0.231. The molecule has 0 unspecified atom stereocenters. The summed E-state index contributed by atoms with van der Waals surface area (Å²) in [5, 5.41) is 40.8. The summed E-state index contributed by atoms with van der Waals surface area (Å²) >= 11 is 0. The zero-order chi connectivity index (χ0) is 22.8. The van der Waals surface area contributed by atoms with Gasteiger partial charge in [0.05, 0.1) is 13.2 Å². The highest BCUT2D eigenvalue weighted by Gasteiger charge is 2.44. The number of hydrogen-bond donors (Lipinski definition) is 4. The predicted molar refractivity (Wildman–Crippen MR) is 121 cm³/mol. The molecule has 32 heavy (non-hydrogen) atoms. The monoisotopic (exact) mass is 442 g/mol. The molecule has 0 bridgehead atoms. The molecule has 4 N–H and O–H groups in total. The third kappa shape index (κ3) is 4.62. The molecular formula is C26H34O6. The summed E-state index contributed by atoms with van der Waals surface area (Å²) in [6, 6.07) is 12.7. The van der Waals surface area contributed by atoms with Crippen LogP contribution in [0.1, 0.15) is 58.7 Å². The Hall–Kier alpha value is -1.80. The Morgan fingerprint density at radius 1 is 0.969 bits per heavy atom. The second-order valence-corrected chi connectivity index (χ2v) is 9.05. The molecule has 2 aromatic carbocycles. The standard InChI is InChI=1S/C26H34O6/c1-3-16-4-6-17(7-5-16)10-19-11-20(12-21(15(19)2)18-8-9-31-14-18)26-25(30)24(29)23(28)22(13-27)32-26/h4-7,11-12,18,22-30H,3,8-10,13-14H2,1-2H3/t18-,22+,23+,24-,25+,26-/m0/s1. The summed E-state index contributed by atoms with van der Waals surface area (Å²) in [4.78, 5) is 0. The molecule has 6 atom stereocenters. The fourth-order valence-corrected chi connectivity index (χ4v) is 4.87. The van der Waals surface area contributed by atoms with Crippen molar-refractivity contribution < 1.29 is 29.9 Å². The van der Waals surface area contributed by atoms with Crippen LogP contribution in [-0.2, 0) is 22.3 Å². The van der Waals surface area contributed by atoms with Crippen LogP contribution in [-0.4, -0.2) is 64.7 Å². The Morgan fingerprint density at radius 2 is 1.69 bits per heavy atom. The lowest BCUT2D eigenvalue weighted by Gasteiger charge is -2.40. The number of aliphatic hydroxyl groups is 4. The molecule has 2 aliphatic heterocycles. The minimum Gasteiger partial charge on any atom is -0.394 e. The van der Waals surface area contributed by atoms with Crippen LogP contribution in [0.4, 0.5) is 0 Å². The molecule has 0 amide bonds. The van der Waals surface area contributed by atoms with Crippen molar-refractivity contribution in [1.29, 1.82) is 0 Å². The van der Waals surface area contributed by atoms with E-state index < -0.39 is 37.1 Å². The number of aliphatic hydroxyl groups excluding tert-OH is 4. The Labute approximate surface area is 189 Å². The van der Waals surface area contributed by atoms with Gasteiger partial charge < -0.3 is 29.9 Å². The molecule has 0 saturated carbocycles. The fraction of sp³-hybridized carbons (Fsp3) is 0.538. The molecule has 6 heteroatoms. The molecule has 0 aromatic heterocycles. The summed E-state index contributed by atoms with van der Waals surface area (Å²) in [6.07, 6.45) is -3.15. The summed E-state index contributed by atoms with van der Waals surface area (Å²) in [5.74, 6) is 0.265. The predicted octanol–water partition coefficient (Wildman–Crippen LogP) is 2.17. The molecule has 0 radical (unpaired) electrons. The maximum atomic E-state index is 10.7. The molecular weight excluding hydrogens is 408 g/mol. The quantitative estimate of drug-likeness (QED) is 0.547. The van der Waals surface area contributed by atoms with E-state index in [1.165, 1.54) is 16.7 Å². The summed E-state index contributed by atoms with van der Waals surface area (Å²) < 4.78 is 11.5. The lowest BCUT2D eigenvalue weighted by Crippen LogP contribution is -2.55. The van der Waals surface area contributed by atoms with Crippen LogP contribution in [0.3, 0.4) is 0 Å². The average Bonchev–Trinajstić information content (AvgIpc) is 3.34. The van der Waals surface area contributed by atoms with Crippen LogP contribution in [0, 0.1) is 6.92 Å². The SMILES string of the molecule is CCc1ccc(Cc2cc([C@@H]3O[C@H](CO)[C@@H](O)[C@H](O)[C@H]3O)cc([C@H]3CCOC3)c2C)cc1. The van der Waals surface area contributed by atoms with E-state index in [-0.39, 0.29) is 5.92 Å². The van der Waals surface area contributed by atoms with Crippen LogP contribution in [0.2, 0.25) is 0 Å². The number of ether oxygens (including phenoxy) is 2. The van der Waals surface area contributed by atoms with Gasteiger partial charge in [-0.1, -0.05) is 43.3 Å². The van der Waals surface area contributed by atoms with Crippen molar-refractivity contribution in [2.75, 3.05) is 19.8 Å². The van der Waals surface area contributed by atoms with Crippen molar-refractivity contribution in [3.05, 3.63) is 69.8 Å². The van der Waals surface area contributed by atoms with Crippen molar-refractivity contribution in [2.24, 2.45) is 0 Å². The van der Waals surface area contributed by atoms with E-state index in [0.29, 0.717) is 6.61 Å². The van der Waals surface area contributed by atoms with Gasteiger partial charge in [-0.3, -0.25) is 0 Å². The number of hydrogen-bond acceptors (Lipinski definition) is 6. The first kappa shape index (κ1) is 23.4. The van der Waals surface area contributed by atoms with Crippen LogP contribution in [0.15, 0.2) is 36.4 Å². The van der Waals surface area contributed by atoms with Gasteiger partial charge in [-0.2, -0.15) is 0 Å². The van der Waals surface area contributed by atoms with Crippen molar-refractivity contribution in [1.82, 2.24) is 0 Å². The summed E-state index contributed by atoms with van der Waals surface area (Å²) in [6.45, 7) is 5.21. The number of rotatable bonds is 6. The average molecular weight is 443 g/mol.